The number of rotatable bonds is 9. The average Bonchev–Trinajstić information content (AvgIpc) is 2.80. The number of unbranched alkanes of at least 4 members (excludes halogenated alkanes) is 2. The van der Waals surface area contributed by atoms with E-state index in [0.717, 1.165) is 24.0 Å². The fourth-order valence-electron chi connectivity index (χ4n) is 4.93. The van der Waals surface area contributed by atoms with Crippen molar-refractivity contribution < 1.29 is 18.3 Å². The Balaban J connectivity index is 1.54. The predicted octanol–water partition coefficient (Wildman–Crippen LogP) is 7.62. The van der Waals surface area contributed by atoms with Gasteiger partial charge in [0.15, 0.2) is 0 Å². The van der Waals surface area contributed by atoms with Gasteiger partial charge in [-0.15, -0.1) is 0 Å². The van der Waals surface area contributed by atoms with E-state index in [-0.39, 0.29) is 16.9 Å². The van der Waals surface area contributed by atoms with Crippen molar-refractivity contribution in [2.45, 2.75) is 71.6 Å². The summed E-state index contributed by atoms with van der Waals surface area (Å²) in [6.45, 7) is 4.48. The van der Waals surface area contributed by atoms with Crippen LogP contribution in [0.1, 0.15) is 86.7 Å². The molecule has 0 radical (unpaired) electrons. The third kappa shape index (κ3) is 6.87. The summed E-state index contributed by atoms with van der Waals surface area (Å²) in [7, 11) is 0. The van der Waals surface area contributed by atoms with Crippen molar-refractivity contribution in [2.75, 3.05) is 0 Å². The van der Waals surface area contributed by atoms with E-state index in [1.54, 1.807) is 12.1 Å². The molecule has 1 saturated carbocycles. The van der Waals surface area contributed by atoms with Crippen LogP contribution in [-0.2, 0) is 6.42 Å². The number of hydrogen-bond donors (Lipinski definition) is 0. The molecule has 1 atom stereocenters. The lowest BCUT2D eigenvalue weighted by molar-refractivity contribution is 0.0729. The maximum Gasteiger partial charge on any atom is 0.346 e. The van der Waals surface area contributed by atoms with E-state index in [1.165, 1.54) is 75.6 Å². The van der Waals surface area contributed by atoms with Crippen molar-refractivity contribution in [2.24, 2.45) is 17.8 Å². The molecule has 33 heavy (non-hydrogen) atoms. The number of halogens is 2. The smallest absolute Gasteiger partial charge is 0.346 e. The Morgan fingerprint density at radius 2 is 1.85 bits per heavy atom. The minimum Gasteiger partial charge on any atom is -0.423 e. The highest BCUT2D eigenvalue weighted by Gasteiger charge is 2.25. The lowest BCUT2D eigenvalue weighted by Gasteiger charge is -2.32. The van der Waals surface area contributed by atoms with Gasteiger partial charge >= 0.3 is 5.97 Å². The zero-order valence-electron chi connectivity index (χ0n) is 19.6. The maximum atomic E-state index is 14.7. The third-order valence-electron chi connectivity index (χ3n) is 6.99. The SMILES string of the molecule is CCCCCC1CCC(C(C)Cc2ccc(C(=O)Oc3ccc(C#N)c(F)c3)c(F)c2)CC1. The number of hydrogen-bond acceptors (Lipinski definition) is 3. The second kappa shape index (κ2) is 11.9. The number of ether oxygens (including phenoxy) is 1. The van der Waals surface area contributed by atoms with Gasteiger partial charge in [0, 0.05) is 6.07 Å². The number of benzene rings is 2. The molecule has 176 valence electrons. The van der Waals surface area contributed by atoms with Crippen molar-refractivity contribution in [1.82, 2.24) is 0 Å². The molecule has 1 aliphatic carbocycles. The molecule has 1 fully saturated rings. The van der Waals surface area contributed by atoms with Gasteiger partial charge in [0.25, 0.3) is 0 Å². The van der Waals surface area contributed by atoms with Crippen LogP contribution in [0.4, 0.5) is 8.78 Å². The van der Waals surface area contributed by atoms with Gasteiger partial charge in [-0.2, -0.15) is 5.26 Å². The van der Waals surface area contributed by atoms with Crippen LogP contribution in [0, 0.1) is 40.7 Å². The van der Waals surface area contributed by atoms with Crippen molar-refractivity contribution in [3.63, 3.8) is 0 Å². The van der Waals surface area contributed by atoms with Crippen LogP contribution in [0.25, 0.3) is 0 Å². The zero-order chi connectivity index (χ0) is 23.8. The molecule has 0 spiro atoms. The second-order valence-corrected chi connectivity index (χ2v) is 9.42. The summed E-state index contributed by atoms with van der Waals surface area (Å²) in [5.74, 6) is -0.406. The number of esters is 1. The molecule has 0 aliphatic heterocycles. The average molecular weight is 454 g/mol. The molecule has 0 N–H and O–H groups in total. The summed E-state index contributed by atoms with van der Waals surface area (Å²) >= 11 is 0. The predicted molar refractivity (Wildman–Crippen MR) is 125 cm³/mol. The summed E-state index contributed by atoms with van der Waals surface area (Å²) in [6.07, 6.45) is 11.2. The molecular formula is C28H33F2NO2. The largest absolute Gasteiger partial charge is 0.423 e. The van der Waals surface area contributed by atoms with E-state index < -0.39 is 17.6 Å². The van der Waals surface area contributed by atoms with E-state index in [4.69, 9.17) is 10.00 Å². The highest BCUT2D eigenvalue weighted by Crippen LogP contribution is 2.37. The highest BCUT2D eigenvalue weighted by molar-refractivity contribution is 5.91. The van der Waals surface area contributed by atoms with Gasteiger partial charge in [-0.25, -0.2) is 13.6 Å². The van der Waals surface area contributed by atoms with E-state index in [9.17, 15) is 13.6 Å². The second-order valence-electron chi connectivity index (χ2n) is 9.42. The topological polar surface area (TPSA) is 50.1 Å². The van der Waals surface area contributed by atoms with E-state index in [0.29, 0.717) is 11.8 Å². The number of nitrogens with zero attached hydrogens (tertiary/aromatic N) is 1. The molecule has 0 bridgehead atoms. The van der Waals surface area contributed by atoms with Gasteiger partial charge in [0.1, 0.15) is 23.5 Å². The molecule has 0 amide bonds. The van der Waals surface area contributed by atoms with Gasteiger partial charge in [-0.05, 0) is 66.8 Å². The Kier molecular flexibility index (Phi) is 9.00. The van der Waals surface area contributed by atoms with Gasteiger partial charge < -0.3 is 4.74 Å². The highest BCUT2D eigenvalue weighted by atomic mass is 19.1. The van der Waals surface area contributed by atoms with Crippen LogP contribution in [-0.4, -0.2) is 5.97 Å². The van der Waals surface area contributed by atoms with Gasteiger partial charge in [0.2, 0.25) is 0 Å². The van der Waals surface area contributed by atoms with Crippen LogP contribution in [0.15, 0.2) is 36.4 Å². The first-order valence-corrected chi connectivity index (χ1v) is 12.1. The lowest BCUT2D eigenvalue weighted by Crippen LogP contribution is -2.21. The maximum absolute atomic E-state index is 14.7. The minimum atomic E-state index is -0.891. The van der Waals surface area contributed by atoms with Crippen molar-refractivity contribution >= 4 is 5.97 Å². The number of nitriles is 1. The molecule has 5 heteroatoms. The number of carbonyl (C=O) groups excluding carboxylic acids is 1. The van der Waals surface area contributed by atoms with Gasteiger partial charge in [-0.1, -0.05) is 58.4 Å². The molecular weight excluding hydrogens is 420 g/mol. The monoisotopic (exact) mass is 453 g/mol. The van der Waals surface area contributed by atoms with Crippen LogP contribution < -0.4 is 4.74 Å². The molecule has 3 nitrogen and oxygen atoms in total. The van der Waals surface area contributed by atoms with Crippen LogP contribution in [0.3, 0.4) is 0 Å². The Morgan fingerprint density at radius 3 is 2.48 bits per heavy atom. The zero-order valence-corrected chi connectivity index (χ0v) is 19.6. The first-order chi connectivity index (χ1) is 15.9. The molecule has 0 heterocycles. The van der Waals surface area contributed by atoms with Crippen molar-refractivity contribution in [3.8, 4) is 11.8 Å². The Labute approximate surface area is 195 Å². The van der Waals surface area contributed by atoms with Crippen molar-refractivity contribution in [3.05, 3.63) is 64.7 Å². The summed E-state index contributed by atoms with van der Waals surface area (Å²) in [5, 5.41) is 8.78. The normalized spacial score (nSPS) is 19.0. The van der Waals surface area contributed by atoms with E-state index in [1.807, 2.05) is 0 Å². The Morgan fingerprint density at radius 1 is 1.09 bits per heavy atom. The van der Waals surface area contributed by atoms with E-state index in [2.05, 4.69) is 13.8 Å². The number of carbonyl (C=O) groups is 1. The fraction of sp³-hybridized carbons (Fsp3) is 0.500. The van der Waals surface area contributed by atoms with Gasteiger partial charge in [0.05, 0.1) is 11.1 Å². The van der Waals surface area contributed by atoms with Gasteiger partial charge in [-0.3, -0.25) is 0 Å². The Bertz CT molecular complexity index is 990. The molecule has 0 saturated heterocycles. The Hall–Kier alpha value is -2.74. The van der Waals surface area contributed by atoms with Crippen LogP contribution in [0.2, 0.25) is 0 Å². The lowest BCUT2D eigenvalue weighted by atomic mass is 9.73. The summed E-state index contributed by atoms with van der Waals surface area (Å²) in [5.41, 5.74) is 0.527. The van der Waals surface area contributed by atoms with Crippen LogP contribution >= 0.6 is 0 Å². The third-order valence-corrected chi connectivity index (χ3v) is 6.99. The molecule has 1 unspecified atom stereocenters. The first-order valence-electron chi connectivity index (χ1n) is 12.1. The first kappa shape index (κ1) is 24.9. The minimum absolute atomic E-state index is 0.0705. The summed E-state index contributed by atoms with van der Waals surface area (Å²) < 4.78 is 33.5. The molecule has 1 aliphatic rings. The standard InChI is InChI=1S/C28H33F2NO2/c1-3-4-5-6-20-7-10-22(11-8-20)19(2)15-21-9-14-25(27(30)16-21)28(32)33-24-13-12-23(18-31)26(29)17-24/h9,12-14,16-17,19-20,22H,3-8,10-11,15H2,1-2H3. The quantitative estimate of drug-likeness (QED) is 0.223. The summed E-state index contributed by atoms with van der Waals surface area (Å²) in [6, 6.07) is 9.79. The summed E-state index contributed by atoms with van der Waals surface area (Å²) in [4.78, 5) is 12.4. The fourth-order valence-corrected chi connectivity index (χ4v) is 4.93. The molecule has 2 aromatic rings. The van der Waals surface area contributed by atoms with E-state index >= 15 is 0 Å². The molecule has 0 aromatic heterocycles. The molecule has 2 aromatic carbocycles. The van der Waals surface area contributed by atoms with Crippen LogP contribution in [0.5, 0.6) is 5.75 Å². The molecule has 3 rings (SSSR count). The van der Waals surface area contributed by atoms with Crippen molar-refractivity contribution in [1.29, 1.82) is 5.26 Å².